The summed E-state index contributed by atoms with van der Waals surface area (Å²) >= 11 is 0. The molecule has 0 aliphatic heterocycles. The summed E-state index contributed by atoms with van der Waals surface area (Å²) in [4.78, 5) is 19.9. The highest BCUT2D eigenvalue weighted by Gasteiger charge is 2.13. The van der Waals surface area contributed by atoms with Gasteiger partial charge in [-0.1, -0.05) is 13.5 Å². The Labute approximate surface area is 90.8 Å². The van der Waals surface area contributed by atoms with Crippen molar-refractivity contribution in [2.24, 2.45) is 0 Å². The molecule has 0 rings (SSSR count). The molecule has 0 spiro atoms. The highest BCUT2D eigenvalue weighted by molar-refractivity contribution is 7.57. The summed E-state index contributed by atoms with van der Waals surface area (Å²) in [7, 11) is -2.87. The molecular formula is C10H19O4P. The van der Waals surface area contributed by atoms with Gasteiger partial charge < -0.3 is 9.63 Å². The Hall–Kier alpha value is -0.600. The molecule has 0 radical (unpaired) electrons. The normalized spacial score (nSPS) is 14.3. The van der Waals surface area contributed by atoms with E-state index in [0.717, 1.165) is 18.9 Å². The molecule has 0 aromatic carbocycles. The van der Waals surface area contributed by atoms with Crippen molar-refractivity contribution in [1.29, 1.82) is 0 Å². The van der Waals surface area contributed by atoms with Crippen LogP contribution in [0.25, 0.3) is 0 Å². The zero-order chi connectivity index (χ0) is 11.7. The lowest BCUT2D eigenvalue weighted by atomic mass is 10.3. The van der Waals surface area contributed by atoms with Crippen LogP contribution in [0.3, 0.4) is 0 Å². The number of carbonyl (C=O) groups is 1. The number of ether oxygens (including phenoxy) is 1. The van der Waals surface area contributed by atoms with Gasteiger partial charge in [-0.05, 0) is 19.3 Å². The number of rotatable bonds is 8. The summed E-state index contributed by atoms with van der Waals surface area (Å²) in [6.45, 7) is 5.34. The fourth-order valence-corrected chi connectivity index (χ4v) is 2.06. The molecule has 0 fully saturated rings. The lowest BCUT2D eigenvalue weighted by Gasteiger charge is -2.07. The quantitative estimate of drug-likeness (QED) is 0.302. The van der Waals surface area contributed by atoms with Crippen LogP contribution in [0.4, 0.5) is 0 Å². The molecule has 0 aliphatic carbocycles. The maximum Gasteiger partial charge on any atom is 0.330 e. The molecule has 1 N–H and O–H groups in total. The zero-order valence-electron chi connectivity index (χ0n) is 9.15. The van der Waals surface area contributed by atoms with Gasteiger partial charge in [0.2, 0.25) is 0 Å². The third-order valence-electron chi connectivity index (χ3n) is 2.06. The minimum Gasteiger partial charge on any atom is -0.463 e. The Morgan fingerprint density at radius 3 is 2.67 bits per heavy atom. The van der Waals surface area contributed by atoms with Gasteiger partial charge >= 0.3 is 5.97 Å². The number of hydrogen-bond donors (Lipinski definition) is 1. The predicted octanol–water partition coefficient (Wildman–Crippen LogP) is 2.18. The summed E-state index contributed by atoms with van der Waals surface area (Å²) in [5.74, 6) is -0.420. The SMILES string of the molecule is C=CC(=O)OCCCCCP(=O)(O)CC. The second-order valence-corrected chi connectivity index (χ2v) is 6.09. The molecule has 1 atom stereocenters. The van der Waals surface area contributed by atoms with E-state index in [0.29, 0.717) is 25.4 Å². The zero-order valence-corrected chi connectivity index (χ0v) is 10.0. The summed E-state index contributed by atoms with van der Waals surface area (Å²) in [5.41, 5.74) is 0. The second kappa shape index (κ2) is 7.66. The molecule has 88 valence electrons. The molecule has 0 saturated carbocycles. The Balaban J connectivity index is 3.36. The van der Waals surface area contributed by atoms with Crippen LogP contribution >= 0.6 is 7.37 Å². The highest BCUT2D eigenvalue weighted by atomic mass is 31.2. The highest BCUT2D eigenvalue weighted by Crippen LogP contribution is 2.40. The monoisotopic (exact) mass is 234 g/mol. The van der Waals surface area contributed by atoms with Crippen molar-refractivity contribution in [3.63, 3.8) is 0 Å². The van der Waals surface area contributed by atoms with Gasteiger partial charge in [-0.2, -0.15) is 0 Å². The maximum atomic E-state index is 11.2. The van der Waals surface area contributed by atoms with Crippen LogP contribution in [-0.2, 0) is 14.1 Å². The van der Waals surface area contributed by atoms with Gasteiger partial charge in [0.25, 0.3) is 0 Å². The molecule has 0 saturated heterocycles. The molecule has 15 heavy (non-hydrogen) atoms. The summed E-state index contributed by atoms with van der Waals surface area (Å²) in [6, 6.07) is 0. The third kappa shape index (κ3) is 8.40. The summed E-state index contributed by atoms with van der Waals surface area (Å²) in [5, 5.41) is 0. The van der Waals surface area contributed by atoms with Crippen molar-refractivity contribution >= 4 is 13.3 Å². The Bertz CT molecular complexity index is 250. The third-order valence-corrected chi connectivity index (χ3v) is 4.06. The van der Waals surface area contributed by atoms with E-state index in [1.807, 2.05) is 0 Å². The molecule has 4 nitrogen and oxygen atoms in total. The smallest absolute Gasteiger partial charge is 0.330 e. The van der Waals surface area contributed by atoms with E-state index in [-0.39, 0.29) is 0 Å². The number of carbonyl (C=O) groups excluding carboxylic acids is 1. The molecule has 0 amide bonds. The molecule has 1 unspecified atom stereocenters. The second-order valence-electron chi connectivity index (χ2n) is 3.32. The standard InChI is InChI=1S/C10H19O4P/c1-3-10(11)14-8-6-5-7-9-15(12,13)4-2/h3H,1,4-9H2,2H3,(H,12,13). The molecule has 0 aromatic heterocycles. The van der Waals surface area contributed by atoms with Crippen molar-refractivity contribution in [2.75, 3.05) is 18.9 Å². The Kier molecular flexibility index (Phi) is 7.35. The summed E-state index contributed by atoms with van der Waals surface area (Å²) < 4.78 is 16.0. The summed E-state index contributed by atoms with van der Waals surface area (Å²) in [6.07, 6.45) is 4.04. The van der Waals surface area contributed by atoms with Crippen molar-refractivity contribution < 1.29 is 19.0 Å². The van der Waals surface area contributed by atoms with Crippen LogP contribution in [0.15, 0.2) is 12.7 Å². The lowest BCUT2D eigenvalue weighted by molar-refractivity contribution is -0.137. The average Bonchev–Trinajstić information content (AvgIpc) is 2.22. The number of hydrogen-bond acceptors (Lipinski definition) is 3. The maximum absolute atomic E-state index is 11.2. The van der Waals surface area contributed by atoms with Crippen LogP contribution in [0.5, 0.6) is 0 Å². The topological polar surface area (TPSA) is 63.6 Å². The Morgan fingerprint density at radius 2 is 2.13 bits per heavy atom. The first-order chi connectivity index (χ1) is 7.02. The largest absolute Gasteiger partial charge is 0.463 e. The molecule has 0 aliphatic rings. The van der Waals surface area contributed by atoms with Crippen LogP contribution in [-0.4, -0.2) is 29.8 Å². The first kappa shape index (κ1) is 14.4. The van der Waals surface area contributed by atoms with Gasteiger partial charge in [0, 0.05) is 18.4 Å². The van der Waals surface area contributed by atoms with E-state index < -0.39 is 13.3 Å². The van der Waals surface area contributed by atoms with Gasteiger partial charge in [0.15, 0.2) is 7.37 Å². The molecular weight excluding hydrogens is 215 g/mol. The first-order valence-corrected chi connectivity index (χ1v) is 7.15. The van der Waals surface area contributed by atoms with Crippen molar-refractivity contribution in [2.45, 2.75) is 26.2 Å². The fraction of sp³-hybridized carbons (Fsp3) is 0.700. The van der Waals surface area contributed by atoms with Gasteiger partial charge in [-0.15, -0.1) is 0 Å². The van der Waals surface area contributed by atoms with Gasteiger partial charge in [-0.25, -0.2) is 4.79 Å². The molecule has 0 heterocycles. The van der Waals surface area contributed by atoms with Crippen LogP contribution in [0, 0.1) is 0 Å². The van der Waals surface area contributed by atoms with Gasteiger partial charge in [0.05, 0.1) is 6.61 Å². The van der Waals surface area contributed by atoms with E-state index in [1.165, 1.54) is 0 Å². The van der Waals surface area contributed by atoms with Crippen LogP contribution in [0.1, 0.15) is 26.2 Å². The van der Waals surface area contributed by atoms with Gasteiger partial charge in [-0.3, -0.25) is 4.57 Å². The predicted molar refractivity (Wildman–Crippen MR) is 60.2 cm³/mol. The number of unbranched alkanes of at least 4 members (excludes halogenated alkanes) is 2. The average molecular weight is 234 g/mol. The van der Waals surface area contributed by atoms with Crippen molar-refractivity contribution in [3.05, 3.63) is 12.7 Å². The van der Waals surface area contributed by atoms with E-state index in [1.54, 1.807) is 6.92 Å². The van der Waals surface area contributed by atoms with E-state index in [2.05, 4.69) is 6.58 Å². The Morgan fingerprint density at radius 1 is 1.47 bits per heavy atom. The van der Waals surface area contributed by atoms with Crippen molar-refractivity contribution in [1.82, 2.24) is 0 Å². The van der Waals surface area contributed by atoms with E-state index >= 15 is 0 Å². The minimum atomic E-state index is -2.87. The van der Waals surface area contributed by atoms with Crippen LogP contribution in [0.2, 0.25) is 0 Å². The fourth-order valence-electron chi connectivity index (χ4n) is 1.03. The van der Waals surface area contributed by atoms with Gasteiger partial charge in [0.1, 0.15) is 0 Å². The van der Waals surface area contributed by atoms with Crippen LogP contribution < -0.4 is 0 Å². The lowest BCUT2D eigenvalue weighted by Crippen LogP contribution is -2.02. The van der Waals surface area contributed by atoms with E-state index in [9.17, 15) is 14.3 Å². The van der Waals surface area contributed by atoms with E-state index in [4.69, 9.17) is 4.74 Å². The first-order valence-electron chi connectivity index (χ1n) is 5.12. The molecule has 5 heteroatoms. The van der Waals surface area contributed by atoms with Crippen molar-refractivity contribution in [3.8, 4) is 0 Å². The number of esters is 1. The molecule has 0 aromatic rings. The minimum absolute atomic E-state index is 0.332. The molecule has 0 bridgehead atoms.